The molecule has 0 aliphatic rings. The Bertz CT molecular complexity index is 1180. The van der Waals surface area contributed by atoms with Crippen molar-refractivity contribution < 1.29 is 22.7 Å². The first-order valence-corrected chi connectivity index (χ1v) is 11.7. The van der Waals surface area contributed by atoms with E-state index in [1.165, 1.54) is 11.4 Å². The van der Waals surface area contributed by atoms with Gasteiger partial charge in [-0.15, -0.1) is 0 Å². The van der Waals surface area contributed by atoms with Crippen LogP contribution in [0.2, 0.25) is 5.02 Å². The predicted octanol–water partition coefficient (Wildman–Crippen LogP) is 5.31. The largest absolute Gasteiger partial charge is 0.487 e. The standard InChI is InChI=1S/C24H24ClNO5S/c1-17(2)26(32(28,29)21-7-5-4-6-8-21)22-14-13-20(25)15-23(22)31-16-18-9-11-19(12-10-18)24(27)30-3/h4-15,17H,16H2,1-3H3. The number of carbonyl (C=O) groups is 1. The summed E-state index contributed by atoms with van der Waals surface area (Å²) < 4.78 is 38.8. The number of anilines is 1. The van der Waals surface area contributed by atoms with Crippen LogP contribution in [0, 0.1) is 0 Å². The van der Waals surface area contributed by atoms with Gasteiger partial charge in [-0.3, -0.25) is 4.31 Å². The van der Waals surface area contributed by atoms with E-state index in [0.29, 0.717) is 22.0 Å². The van der Waals surface area contributed by atoms with Crippen molar-refractivity contribution in [1.29, 1.82) is 0 Å². The molecule has 0 amide bonds. The van der Waals surface area contributed by atoms with Gasteiger partial charge < -0.3 is 9.47 Å². The number of halogens is 1. The van der Waals surface area contributed by atoms with Crippen LogP contribution >= 0.6 is 11.6 Å². The van der Waals surface area contributed by atoms with E-state index in [4.69, 9.17) is 21.1 Å². The number of methoxy groups -OCH3 is 1. The molecule has 3 aromatic carbocycles. The van der Waals surface area contributed by atoms with E-state index in [1.807, 2.05) is 0 Å². The summed E-state index contributed by atoms with van der Waals surface area (Å²) in [5.74, 6) is -0.0870. The molecule has 0 aliphatic carbocycles. The summed E-state index contributed by atoms with van der Waals surface area (Å²) in [6.45, 7) is 3.75. The van der Waals surface area contributed by atoms with E-state index in [0.717, 1.165) is 5.56 Å². The van der Waals surface area contributed by atoms with Gasteiger partial charge in [0.25, 0.3) is 10.0 Å². The summed E-state index contributed by atoms with van der Waals surface area (Å²) in [4.78, 5) is 11.8. The van der Waals surface area contributed by atoms with E-state index in [9.17, 15) is 13.2 Å². The Morgan fingerprint density at radius 2 is 1.66 bits per heavy atom. The molecule has 0 N–H and O–H groups in total. The molecule has 0 aliphatic heterocycles. The van der Waals surface area contributed by atoms with Gasteiger partial charge in [0.15, 0.2) is 0 Å². The molecule has 32 heavy (non-hydrogen) atoms. The third-order valence-corrected chi connectivity index (χ3v) is 6.94. The van der Waals surface area contributed by atoms with Gasteiger partial charge in [0.05, 0.1) is 23.3 Å². The first kappa shape index (κ1) is 23.6. The lowest BCUT2D eigenvalue weighted by molar-refractivity contribution is 0.0600. The van der Waals surface area contributed by atoms with Gasteiger partial charge in [-0.25, -0.2) is 13.2 Å². The number of nitrogens with zero attached hydrogens (tertiary/aromatic N) is 1. The molecule has 0 spiro atoms. The van der Waals surface area contributed by atoms with Gasteiger partial charge in [0.1, 0.15) is 12.4 Å². The van der Waals surface area contributed by atoms with E-state index >= 15 is 0 Å². The zero-order chi connectivity index (χ0) is 23.3. The number of hydrogen-bond acceptors (Lipinski definition) is 5. The van der Waals surface area contributed by atoms with Gasteiger partial charge in [-0.2, -0.15) is 0 Å². The van der Waals surface area contributed by atoms with Crippen LogP contribution in [-0.4, -0.2) is 27.5 Å². The average Bonchev–Trinajstić information content (AvgIpc) is 2.79. The van der Waals surface area contributed by atoms with Crippen LogP contribution in [0.1, 0.15) is 29.8 Å². The topological polar surface area (TPSA) is 72.9 Å². The molecule has 0 atom stereocenters. The second-order valence-electron chi connectivity index (χ2n) is 7.30. The molecular formula is C24H24ClNO5S. The molecule has 0 radical (unpaired) electrons. The van der Waals surface area contributed by atoms with Gasteiger partial charge in [-0.05, 0) is 55.8 Å². The van der Waals surface area contributed by atoms with Gasteiger partial charge in [-0.1, -0.05) is 41.9 Å². The highest BCUT2D eigenvalue weighted by molar-refractivity contribution is 7.92. The first-order valence-electron chi connectivity index (χ1n) is 9.93. The van der Waals surface area contributed by atoms with Crippen molar-refractivity contribution in [2.75, 3.05) is 11.4 Å². The molecule has 0 saturated carbocycles. The quantitative estimate of drug-likeness (QED) is 0.414. The molecule has 168 valence electrons. The van der Waals surface area contributed by atoms with E-state index in [2.05, 4.69) is 0 Å². The van der Waals surface area contributed by atoms with Crippen LogP contribution in [0.15, 0.2) is 77.7 Å². The lowest BCUT2D eigenvalue weighted by atomic mass is 10.1. The molecule has 0 fully saturated rings. The Kier molecular flexibility index (Phi) is 7.43. The minimum absolute atomic E-state index is 0.159. The third-order valence-electron chi connectivity index (χ3n) is 4.70. The summed E-state index contributed by atoms with van der Waals surface area (Å²) >= 11 is 6.19. The van der Waals surface area contributed by atoms with Crippen molar-refractivity contribution in [2.24, 2.45) is 0 Å². The average molecular weight is 474 g/mol. The SMILES string of the molecule is COC(=O)c1ccc(COc2cc(Cl)ccc2N(C(C)C)S(=O)(=O)c2ccccc2)cc1. The van der Waals surface area contributed by atoms with Crippen molar-refractivity contribution >= 4 is 33.3 Å². The summed E-state index contributed by atoms with van der Waals surface area (Å²) in [5, 5.41) is 0.422. The van der Waals surface area contributed by atoms with E-state index < -0.39 is 16.0 Å². The van der Waals surface area contributed by atoms with Crippen LogP contribution in [0.25, 0.3) is 0 Å². The summed E-state index contributed by atoms with van der Waals surface area (Å²) in [5.41, 5.74) is 1.62. The fraction of sp³-hybridized carbons (Fsp3) is 0.208. The Morgan fingerprint density at radius 3 is 2.25 bits per heavy atom. The Hall–Kier alpha value is -3.03. The van der Waals surface area contributed by atoms with Crippen LogP contribution in [0.3, 0.4) is 0 Å². The van der Waals surface area contributed by atoms with E-state index in [1.54, 1.807) is 86.6 Å². The molecule has 3 aromatic rings. The van der Waals surface area contributed by atoms with Gasteiger partial charge in [0, 0.05) is 17.1 Å². The summed E-state index contributed by atoms with van der Waals surface area (Å²) in [7, 11) is -2.51. The highest BCUT2D eigenvalue weighted by Gasteiger charge is 2.29. The molecule has 0 bridgehead atoms. The number of carbonyl (C=O) groups excluding carboxylic acids is 1. The predicted molar refractivity (Wildman–Crippen MR) is 125 cm³/mol. The zero-order valence-corrected chi connectivity index (χ0v) is 19.6. The lowest BCUT2D eigenvalue weighted by Crippen LogP contribution is -2.37. The molecule has 0 saturated heterocycles. The Balaban J connectivity index is 1.93. The molecule has 3 rings (SSSR count). The normalized spacial score (nSPS) is 11.3. The molecule has 0 heterocycles. The Labute approximate surface area is 193 Å². The summed E-state index contributed by atoms with van der Waals surface area (Å²) in [6, 6.07) is 19.5. The van der Waals surface area contributed by atoms with Crippen LogP contribution < -0.4 is 9.04 Å². The molecule has 6 nitrogen and oxygen atoms in total. The highest BCUT2D eigenvalue weighted by atomic mass is 35.5. The number of esters is 1. The smallest absolute Gasteiger partial charge is 0.337 e. The fourth-order valence-electron chi connectivity index (χ4n) is 3.19. The first-order chi connectivity index (χ1) is 15.2. The Morgan fingerprint density at radius 1 is 1.00 bits per heavy atom. The third kappa shape index (κ3) is 5.23. The number of benzene rings is 3. The maximum absolute atomic E-state index is 13.4. The number of hydrogen-bond donors (Lipinski definition) is 0. The maximum atomic E-state index is 13.4. The second-order valence-corrected chi connectivity index (χ2v) is 9.55. The minimum Gasteiger partial charge on any atom is -0.487 e. The van der Waals surface area contributed by atoms with Gasteiger partial charge in [0.2, 0.25) is 0 Å². The van der Waals surface area contributed by atoms with Crippen molar-refractivity contribution in [3.05, 3.63) is 88.9 Å². The fourth-order valence-corrected chi connectivity index (χ4v) is 5.05. The summed E-state index contributed by atoms with van der Waals surface area (Å²) in [6.07, 6.45) is 0. The lowest BCUT2D eigenvalue weighted by Gasteiger charge is -2.30. The number of rotatable bonds is 8. The minimum atomic E-state index is -3.83. The molecular weight excluding hydrogens is 450 g/mol. The maximum Gasteiger partial charge on any atom is 0.337 e. The van der Waals surface area contributed by atoms with Crippen LogP contribution in [-0.2, 0) is 21.4 Å². The van der Waals surface area contributed by atoms with Crippen LogP contribution in [0.4, 0.5) is 5.69 Å². The van der Waals surface area contributed by atoms with Crippen molar-refractivity contribution in [2.45, 2.75) is 31.4 Å². The van der Waals surface area contributed by atoms with Crippen molar-refractivity contribution in [3.8, 4) is 5.75 Å². The second kappa shape index (κ2) is 10.1. The monoisotopic (exact) mass is 473 g/mol. The van der Waals surface area contributed by atoms with Crippen LogP contribution in [0.5, 0.6) is 5.75 Å². The van der Waals surface area contributed by atoms with Crippen molar-refractivity contribution in [3.63, 3.8) is 0 Å². The number of sulfonamides is 1. The molecule has 8 heteroatoms. The molecule has 0 aromatic heterocycles. The zero-order valence-electron chi connectivity index (χ0n) is 18.0. The van der Waals surface area contributed by atoms with E-state index in [-0.39, 0.29) is 17.5 Å². The van der Waals surface area contributed by atoms with Crippen molar-refractivity contribution in [1.82, 2.24) is 0 Å². The number of ether oxygens (including phenoxy) is 2. The van der Waals surface area contributed by atoms with Gasteiger partial charge >= 0.3 is 5.97 Å². The highest BCUT2D eigenvalue weighted by Crippen LogP contribution is 2.36. The molecule has 0 unspecified atom stereocenters.